The first-order chi connectivity index (χ1) is 6.61. The Bertz CT molecular complexity index is 349. The van der Waals surface area contributed by atoms with Crippen molar-refractivity contribution < 1.29 is 14.6 Å². The van der Waals surface area contributed by atoms with Crippen molar-refractivity contribution in [3.63, 3.8) is 0 Å². The molecule has 0 saturated carbocycles. The zero-order valence-electron chi connectivity index (χ0n) is 7.67. The van der Waals surface area contributed by atoms with Crippen LogP contribution in [0.3, 0.4) is 0 Å². The Labute approximate surface area is 95.0 Å². The minimum absolute atomic E-state index is 0.161. The fourth-order valence-electron chi connectivity index (χ4n) is 0.837. The van der Waals surface area contributed by atoms with Crippen molar-refractivity contribution in [2.24, 2.45) is 0 Å². The molecule has 1 rings (SSSR count). The van der Waals surface area contributed by atoms with E-state index in [4.69, 9.17) is 11.6 Å². The van der Waals surface area contributed by atoms with Crippen LogP contribution in [0.2, 0.25) is 5.02 Å². The molecule has 1 heterocycles. The summed E-state index contributed by atoms with van der Waals surface area (Å²) in [6.45, 7) is 1.97. The van der Waals surface area contributed by atoms with E-state index < -0.39 is 5.97 Å². The van der Waals surface area contributed by atoms with Gasteiger partial charge in [0, 0.05) is 0 Å². The number of methoxy groups -OCH3 is 1. The number of esters is 1. The van der Waals surface area contributed by atoms with Gasteiger partial charge in [-0.1, -0.05) is 18.5 Å². The highest BCUT2D eigenvalue weighted by Crippen LogP contribution is 2.44. The molecule has 6 heteroatoms. The van der Waals surface area contributed by atoms with Gasteiger partial charge in [0.15, 0.2) is 10.6 Å². The molecule has 14 heavy (non-hydrogen) atoms. The summed E-state index contributed by atoms with van der Waals surface area (Å²) >= 11 is 8.46. The molecular formula is C8H9ClO3S2. The van der Waals surface area contributed by atoms with Gasteiger partial charge in [-0.05, 0) is 5.75 Å². The van der Waals surface area contributed by atoms with Gasteiger partial charge in [-0.15, -0.1) is 23.1 Å². The molecule has 0 radical (unpaired) electrons. The van der Waals surface area contributed by atoms with Gasteiger partial charge in [0.2, 0.25) is 0 Å². The van der Waals surface area contributed by atoms with Crippen molar-refractivity contribution in [2.75, 3.05) is 12.9 Å². The molecular weight excluding hydrogens is 244 g/mol. The van der Waals surface area contributed by atoms with E-state index in [2.05, 4.69) is 4.74 Å². The quantitative estimate of drug-likeness (QED) is 0.664. The molecule has 0 spiro atoms. The first-order valence-corrected chi connectivity index (χ1v) is 6.02. The summed E-state index contributed by atoms with van der Waals surface area (Å²) in [6.07, 6.45) is 0. The number of hydrogen-bond donors (Lipinski definition) is 1. The second kappa shape index (κ2) is 4.91. The number of carbonyl (C=O) groups is 1. The van der Waals surface area contributed by atoms with Gasteiger partial charge in [-0.25, -0.2) is 4.79 Å². The van der Waals surface area contributed by atoms with Gasteiger partial charge in [-0.2, -0.15) is 0 Å². The Morgan fingerprint density at radius 3 is 2.86 bits per heavy atom. The Balaban J connectivity index is 3.08. The van der Waals surface area contributed by atoms with E-state index in [-0.39, 0.29) is 15.6 Å². The average Bonchev–Trinajstić information content (AvgIpc) is 2.46. The number of halogens is 1. The first-order valence-electron chi connectivity index (χ1n) is 3.84. The molecule has 0 aliphatic heterocycles. The summed E-state index contributed by atoms with van der Waals surface area (Å²) < 4.78 is 5.25. The van der Waals surface area contributed by atoms with Crippen LogP contribution in [0.15, 0.2) is 4.21 Å². The van der Waals surface area contributed by atoms with E-state index in [1.165, 1.54) is 18.9 Å². The number of rotatable bonds is 3. The van der Waals surface area contributed by atoms with E-state index in [0.717, 1.165) is 21.3 Å². The van der Waals surface area contributed by atoms with Crippen LogP contribution in [0.25, 0.3) is 0 Å². The minimum Gasteiger partial charge on any atom is -0.505 e. The van der Waals surface area contributed by atoms with Crippen LogP contribution < -0.4 is 0 Å². The summed E-state index contributed by atoms with van der Waals surface area (Å²) in [4.78, 5) is 11.3. The van der Waals surface area contributed by atoms with E-state index in [0.29, 0.717) is 0 Å². The lowest BCUT2D eigenvalue weighted by Crippen LogP contribution is -1.97. The summed E-state index contributed by atoms with van der Waals surface area (Å²) in [5.41, 5.74) is 0. The van der Waals surface area contributed by atoms with Gasteiger partial charge in [0.05, 0.1) is 11.3 Å². The van der Waals surface area contributed by atoms with Crippen LogP contribution >= 0.6 is 34.7 Å². The Hall–Kier alpha value is -0.390. The lowest BCUT2D eigenvalue weighted by Gasteiger charge is -1.94. The van der Waals surface area contributed by atoms with Crippen molar-refractivity contribution in [1.82, 2.24) is 0 Å². The molecule has 78 valence electrons. The molecule has 0 saturated heterocycles. The Morgan fingerprint density at radius 1 is 1.71 bits per heavy atom. The molecule has 0 aromatic carbocycles. The fourth-order valence-corrected chi connectivity index (χ4v) is 3.33. The third-order valence-electron chi connectivity index (χ3n) is 1.44. The maximum absolute atomic E-state index is 11.2. The number of thioether (sulfide) groups is 1. The Kier molecular flexibility index (Phi) is 4.10. The molecule has 0 bridgehead atoms. The van der Waals surface area contributed by atoms with E-state index >= 15 is 0 Å². The zero-order chi connectivity index (χ0) is 10.7. The van der Waals surface area contributed by atoms with Crippen LogP contribution in [0, 0.1) is 0 Å². The van der Waals surface area contributed by atoms with Crippen LogP contribution in [0.5, 0.6) is 5.75 Å². The van der Waals surface area contributed by atoms with Crippen molar-refractivity contribution >= 4 is 40.7 Å². The van der Waals surface area contributed by atoms with Gasteiger partial charge in [0.1, 0.15) is 5.02 Å². The summed E-state index contributed by atoms with van der Waals surface area (Å²) in [5, 5.41) is 9.75. The molecule has 0 fully saturated rings. The van der Waals surface area contributed by atoms with Crippen molar-refractivity contribution in [2.45, 2.75) is 11.1 Å². The average molecular weight is 253 g/mol. The van der Waals surface area contributed by atoms with Crippen LogP contribution in [-0.2, 0) is 4.74 Å². The first kappa shape index (κ1) is 11.7. The minimum atomic E-state index is -0.558. The monoisotopic (exact) mass is 252 g/mol. The van der Waals surface area contributed by atoms with Crippen LogP contribution in [0.4, 0.5) is 0 Å². The largest absolute Gasteiger partial charge is 0.505 e. The fraction of sp³-hybridized carbons (Fsp3) is 0.375. The highest BCUT2D eigenvalue weighted by Gasteiger charge is 2.21. The highest BCUT2D eigenvalue weighted by atomic mass is 35.5. The van der Waals surface area contributed by atoms with Gasteiger partial charge in [-0.3, -0.25) is 0 Å². The lowest BCUT2D eigenvalue weighted by molar-refractivity contribution is 0.0603. The number of aromatic hydroxyl groups is 1. The number of thiophene rings is 1. The second-order valence-corrected chi connectivity index (χ2v) is 5.24. The molecule has 0 atom stereocenters. The number of carbonyl (C=O) groups excluding carboxylic acids is 1. The topological polar surface area (TPSA) is 46.5 Å². The SMILES string of the molecule is CCSc1sc(C(=O)OC)c(O)c1Cl. The van der Waals surface area contributed by atoms with Crippen LogP contribution in [-0.4, -0.2) is 23.9 Å². The second-order valence-electron chi connectivity index (χ2n) is 2.31. The van der Waals surface area contributed by atoms with Crippen molar-refractivity contribution in [1.29, 1.82) is 0 Å². The summed E-state index contributed by atoms with van der Waals surface area (Å²) in [5.74, 6) is 0.0946. The predicted molar refractivity (Wildman–Crippen MR) is 58.7 cm³/mol. The molecule has 0 amide bonds. The van der Waals surface area contributed by atoms with Crippen molar-refractivity contribution in [3.8, 4) is 5.75 Å². The molecule has 0 unspecified atom stereocenters. The molecule has 1 aromatic rings. The lowest BCUT2D eigenvalue weighted by atomic mass is 10.4. The Morgan fingerprint density at radius 2 is 2.36 bits per heavy atom. The molecule has 1 N–H and O–H groups in total. The summed E-state index contributed by atoms with van der Waals surface area (Å²) in [6, 6.07) is 0. The number of hydrogen-bond acceptors (Lipinski definition) is 5. The standard InChI is InChI=1S/C8H9ClO3S2/c1-3-13-8-4(9)5(10)6(14-8)7(11)12-2/h10H,3H2,1-2H3. The number of ether oxygens (including phenoxy) is 1. The molecule has 3 nitrogen and oxygen atoms in total. The van der Waals surface area contributed by atoms with Gasteiger partial charge < -0.3 is 9.84 Å². The molecule has 1 aromatic heterocycles. The molecule has 0 aliphatic rings. The normalized spacial score (nSPS) is 10.2. The maximum Gasteiger partial charge on any atom is 0.351 e. The van der Waals surface area contributed by atoms with Crippen molar-refractivity contribution in [3.05, 3.63) is 9.90 Å². The smallest absolute Gasteiger partial charge is 0.351 e. The zero-order valence-corrected chi connectivity index (χ0v) is 10.1. The van der Waals surface area contributed by atoms with Crippen LogP contribution in [0.1, 0.15) is 16.6 Å². The van der Waals surface area contributed by atoms with E-state index in [1.54, 1.807) is 0 Å². The maximum atomic E-state index is 11.2. The third kappa shape index (κ3) is 2.16. The van der Waals surface area contributed by atoms with E-state index in [1.807, 2.05) is 6.92 Å². The predicted octanol–water partition coefficient (Wildman–Crippen LogP) is 3.01. The summed E-state index contributed by atoms with van der Waals surface area (Å²) in [7, 11) is 1.27. The molecule has 0 aliphatic carbocycles. The van der Waals surface area contributed by atoms with Gasteiger partial charge >= 0.3 is 5.97 Å². The van der Waals surface area contributed by atoms with Gasteiger partial charge in [0.25, 0.3) is 0 Å². The van der Waals surface area contributed by atoms with E-state index in [9.17, 15) is 9.90 Å². The third-order valence-corrected chi connectivity index (χ3v) is 4.35. The highest BCUT2D eigenvalue weighted by molar-refractivity contribution is 8.01.